The molecule has 0 spiro atoms. The Kier molecular flexibility index (Phi) is 3.79. The molecule has 1 aromatic rings. The molecule has 1 unspecified atom stereocenters. The number of aliphatic hydroxyl groups excluding tert-OH is 1. The minimum absolute atomic E-state index is 0.0335. The number of nitriles is 1. The molecule has 1 aliphatic heterocycles. The summed E-state index contributed by atoms with van der Waals surface area (Å²) in [5.74, 6) is 0. The number of para-hydroxylation sites is 1. The number of rotatable bonds is 2. The molecule has 4 heteroatoms. The van der Waals surface area contributed by atoms with Gasteiger partial charge < -0.3 is 10.0 Å². The fourth-order valence-corrected chi connectivity index (χ4v) is 2.72. The highest BCUT2D eigenvalue weighted by Crippen LogP contribution is 2.29. The number of nitrogens with zero attached hydrogens (tertiary/aromatic N) is 3. The van der Waals surface area contributed by atoms with E-state index in [0.717, 1.165) is 18.8 Å². The standard InChI is InChI=1S/C15H21N3O/c1-15(2)11-18(9-13(10-19)17(15)3)14-7-5-4-6-12(14)8-16/h4-7,13,19H,9-11H2,1-3H3. The molecule has 0 amide bonds. The van der Waals surface area contributed by atoms with Gasteiger partial charge in [-0.2, -0.15) is 5.26 Å². The summed E-state index contributed by atoms with van der Waals surface area (Å²) in [5, 5.41) is 18.8. The highest BCUT2D eigenvalue weighted by Gasteiger charge is 2.37. The summed E-state index contributed by atoms with van der Waals surface area (Å²) in [5.41, 5.74) is 1.62. The van der Waals surface area contributed by atoms with Crippen LogP contribution in [0.5, 0.6) is 0 Å². The van der Waals surface area contributed by atoms with Crippen molar-refractivity contribution in [3.05, 3.63) is 29.8 Å². The molecule has 0 aromatic heterocycles. The third-order valence-corrected chi connectivity index (χ3v) is 4.09. The Hall–Kier alpha value is -1.57. The molecule has 1 heterocycles. The van der Waals surface area contributed by atoms with E-state index >= 15 is 0 Å². The van der Waals surface area contributed by atoms with Crippen LogP contribution in [0.3, 0.4) is 0 Å². The van der Waals surface area contributed by atoms with Crippen LogP contribution in [0, 0.1) is 11.3 Å². The van der Waals surface area contributed by atoms with E-state index in [1.807, 2.05) is 24.3 Å². The van der Waals surface area contributed by atoms with Crippen LogP contribution in [-0.4, -0.2) is 48.3 Å². The van der Waals surface area contributed by atoms with E-state index in [1.54, 1.807) is 0 Å². The van der Waals surface area contributed by atoms with Crippen LogP contribution in [0.25, 0.3) is 0 Å². The highest BCUT2D eigenvalue weighted by molar-refractivity contribution is 5.59. The first-order valence-corrected chi connectivity index (χ1v) is 6.57. The van der Waals surface area contributed by atoms with Crippen molar-refractivity contribution in [3.8, 4) is 6.07 Å². The number of hydrogen-bond acceptors (Lipinski definition) is 4. The normalized spacial score (nSPS) is 23.1. The molecule has 0 saturated carbocycles. The maximum Gasteiger partial charge on any atom is 0.101 e. The fraction of sp³-hybridized carbons (Fsp3) is 0.533. The Morgan fingerprint density at radius 3 is 2.74 bits per heavy atom. The Morgan fingerprint density at radius 1 is 1.42 bits per heavy atom. The molecule has 1 fully saturated rings. The topological polar surface area (TPSA) is 50.5 Å². The molecule has 1 saturated heterocycles. The van der Waals surface area contributed by atoms with Gasteiger partial charge in [-0.05, 0) is 33.0 Å². The monoisotopic (exact) mass is 259 g/mol. The van der Waals surface area contributed by atoms with Crippen LogP contribution in [-0.2, 0) is 0 Å². The van der Waals surface area contributed by atoms with Crippen LogP contribution in [0.15, 0.2) is 24.3 Å². The van der Waals surface area contributed by atoms with Crippen molar-refractivity contribution in [2.24, 2.45) is 0 Å². The van der Waals surface area contributed by atoms with E-state index in [9.17, 15) is 10.4 Å². The van der Waals surface area contributed by atoms with Gasteiger partial charge in [0.1, 0.15) is 6.07 Å². The van der Waals surface area contributed by atoms with Crippen LogP contribution in [0.4, 0.5) is 5.69 Å². The van der Waals surface area contributed by atoms with Crippen LogP contribution < -0.4 is 4.90 Å². The molecule has 102 valence electrons. The Balaban J connectivity index is 2.33. The smallest absolute Gasteiger partial charge is 0.101 e. The van der Waals surface area contributed by atoms with Crippen LogP contribution in [0.1, 0.15) is 19.4 Å². The molecule has 19 heavy (non-hydrogen) atoms. The van der Waals surface area contributed by atoms with Crippen molar-refractivity contribution < 1.29 is 5.11 Å². The molecular weight excluding hydrogens is 238 g/mol. The van der Waals surface area contributed by atoms with Crippen molar-refractivity contribution >= 4 is 5.69 Å². The Morgan fingerprint density at radius 2 is 2.11 bits per heavy atom. The number of aliphatic hydroxyl groups is 1. The predicted molar refractivity (Wildman–Crippen MR) is 76.1 cm³/mol. The minimum atomic E-state index is -0.0335. The summed E-state index contributed by atoms with van der Waals surface area (Å²) in [6.45, 7) is 6.05. The first-order chi connectivity index (χ1) is 8.99. The lowest BCUT2D eigenvalue weighted by Gasteiger charge is -2.50. The lowest BCUT2D eigenvalue weighted by molar-refractivity contribution is 0.0455. The van der Waals surface area contributed by atoms with Crippen molar-refractivity contribution in [1.82, 2.24) is 4.90 Å². The molecular formula is C15H21N3O. The second-order valence-corrected chi connectivity index (χ2v) is 5.77. The van der Waals surface area contributed by atoms with Crippen molar-refractivity contribution in [2.45, 2.75) is 25.4 Å². The lowest BCUT2D eigenvalue weighted by Crippen LogP contribution is -2.63. The second kappa shape index (κ2) is 5.20. The van der Waals surface area contributed by atoms with E-state index in [2.05, 4.69) is 36.8 Å². The third kappa shape index (κ3) is 2.58. The SMILES string of the molecule is CN1C(CO)CN(c2ccccc2C#N)CC1(C)C. The summed E-state index contributed by atoms with van der Waals surface area (Å²) < 4.78 is 0. The predicted octanol–water partition coefficient (Wildman–Crippen LogP) is 1.45. The highest BCUT2D eigenvalue weighted by atomic mass is 16.3. The van der Waals surface area contributed by atoms with Crippen LogP contribution >= 0.6 is 0 Å². The van der Waals surface area contributed by atoms with Gasteiger partial charge in [-0.15, -0.1) is 0 Å². The summed E-state index contributed by atoms with van der Waals surface area (Å²) in [4.78, 5) is 4.43. The maximum atomic E-state index is 9.55. The zero-order valence-electron chi connectivity index (χ0n) is 11.8. The van der Waals surface area contributed by atoms with Crippen molar-refractivity contribution in [3.63, 3.8) is 0 Å². The molecule has 0 radical (unpaired) electrons. The molecule has 4 nitrogen and oxygen atoms in total. The van der Waals surface area contributed by atoms with E-state index in [-0.39, 0.29) is 18.2 Å². The number of hydrogen-bond donors (Lipinski definition) is 1. The average molecular weight is 259 g/mol. The van der Waals surface area contributed by atoms with Crippen molar-refractivity contribution in [1.29, 1.82) is 5.26 Å². The Bertz CT molecular complexity index is 492. The second-order valence-electron chi connectivity index (χ2n) is 5.77. The number of anilines is 1. The number of likely N-dealkylation sites (N-methyl/N-ethyl adjacent to an activating group) is 1. The molecule has 2 rings (SSSR count). The summed E-state index contributed by atoms with van der Waals surface area (Å²) in [7, 11) is 2.05. The van der Waals surface area contributed by atoms with Gasteiger partial charge in [-0.3, -0.25) is 4.90 Å². The lowest BCUT2D eigenvalue weighted by atomic mass is 9.95. The van der Waals surface area contributed by atoms with Gasteiger partial charge in [0.2, 0.25) is 0 Å². The molecule has 1 atom stereocenters. The van der Waals surface area contributed by atoms with E-state index in [4.69, 9.17) is 0 Å². The van der Waals surface area contributed by atoms with E-state index < -0.39 is 0 Å². The quantitative estimate of drug-likeness (QED) is 0.873. The zero-order chi connectivity index (χ0) is 14.0. The first kappa shape index (κ1) is 13.9. The zero-order valence-corrected chi connectivity index (χ0v) is 11.8. The number of benzene rings is 1. The molecule has 1 aliphatic rings. The van der Waals surface area contributed by atoms with Gasteiger partial charge >= 0.3 is 0 Å². The maximum absolute atomic E-state index is 9.55. The van der Waals surface area contributed by atoms with Gasteiger partial charge in [0.15, 0.2) is 0 Å². The van der Waals surface area contributed by atoms with Gasteiger partial charge in [-0.25, -0.2) is 0 Å². The Labute approximate surface area is 114 Å². The molecule has 0 aliphatic carbocycles. The largest absolute Gasteiger partial charge is 0.395 e. The van der Waals surface area contributed by atoms with Gasteiger partial charge in [0.05, 0.1) is 23.9 Å². The molecule has 0 bridgehead atoms. The third-order valence-electron chi connectivity index (χ3n) is 4.09. The first-order valence-electron chi connectivity index (χ1n) is 6.57. The number of piperazine rings is 1. The average Bonchev–Trinajstić information content (AvgIpc) is 2.41. The minimum Gasteiger partial charge on any atom is -0.395 e. The summed E-state index contributed by atoms with van der Waals surface area (Å²) in [6, 6.07) is 10.00. The molecule has 1 aromatic carbocycles. The summed E-state index contributed by atoms with van der Waals surface area (Å²) >= 11 is 0. The molecule has 1 N–H and O–H groups in total. The van der Waals surface area contributed by atoms with Gasteiger partial charge in [-0.1, -0.05) is 12.1 Å². The van der Waals surface area contributed by atoms with Crippen molar-refractivity contribution in [2.75, 3.05) is 31.6 Å². The van der Waals surface area contributed by atoms with E-state index in [0.29, 0.717) is 5.56 Å². The van der Waals surface area contributed by atoms with Crippen LogP contribution in [0.2, 0.25) is 0 Å². The summed E-state index contributed by atoms with van der Waals surface area (Å²) in [6.07, 6.45) is 0. The van der Waals surface area contributed by atoms with Gasteiger partial charge in [0, 0.05) is 18.6 Å². The fourth-order valence-electron chi connectivity index (χ4n) is 2.72. The van der Waals surface area contributed by atoms with Gasteiger partial charge in [0.25, 0.3) is 0 Å². The van der Waals surface area contributed by atoms with E-state index in [1.165, 1.54) is 0 Å².